The van der Waals surface area contributed by atoms with Crippen molar-refractivity contribution in [1.29, 1.82) is 0 Å². The number of hydrogen-bond donors (Lipinski definition) is 3. The molecule has 1 aromatic carbocycles. The van der Waals surface area contributed by atoms with Crippen molar-refractivity contribution < 1.29 is 4.79 Å². The zero-order chi connectivity index (χ0) is 18.5. The lowest BCUT2D eigenvalue weighted by atomic mass is 10.3. The van der Waals surface area contributed by atoms with Crippen LogP contribution in [-0.2, 0) is 4.79 Å². The molecule has 9 heteroatoms. The molecule has 0 spiro atoms. The highest BCUT2D eigenvalue weighted by Gasteiger charge is 2.08. The Morgan fingerprint density at radius 3 is 2.65 bits per heavy atom. The number of rotatable bonds is 6. The van der Waals surface area contributed by atoms with E-state index in [0.29, 0.717) is 22.5 Å². The number of anilines is 3. The molecule has 0 fully saturated rings. The zero-order valence-electron chi connectivity index (χ0n) is 14.2. The fraction of sp³-hybridized carbons (Fsp3) is 0.176. The Hall–Kier alpha value is -2.58. The molecule has 0 atom stereocenters. The van der Waals surface area contributed by atoms with Crippen molar-refractivity contribution in [3.05, 3.63) is 47.2 Å². The van der Waals surface area contributed by atoms with Crippen LogP contribution in [0.15, 0.2) is 46.5 Å². The minimum absolute atomic E-state index is 0.0201. The third kappa shape index (κ3) is 4.96. The molecule has 2 heterocycles. The van der Waals surface area contributed by atoms with Gasteiger partial charge in [-0.15, -0.1) is 0 Å². The van der Waals surface area contributed by atoms with Gasteiger partial charge in [0.2, 0.25) is 5.91 Å². The number of aryl methyl sites for hydroxylation is 1. The average Bonchev–Trinajstić information content (AvgIpc) is 3.01. The highest BCUT2D eigenvalue weighted by atomic mass is 35.5. The SMILES string of the molecule is CCC(=O)Nc1ccc(Sc2nc(Cl)cc(Nc3cc(C)n[nH]3)n2)cc1. The number of aromatic amines is 1. The van der Waals surface area contributed by atoms with Crippen molar-refractivity contribution in [2.45, 2.75) is 30.3 Å². The number of aromatic nitrogens is 4. The van der Waals surface area contributed by atoms with Crippen LogP contribution in [0, 0.1) is 6.92 Å². The van der Waals surface area contributed by atoms with Crippen molar-refractivity contribution >= 4 is 46.6 Å². The molecule has 7 nitrogen and oxygen atoms in total. The van der Waals surface area contributed by atoms with Gasteiger partial charge < -0.3 is 10.6 Å². The molecule has 0 aliphatic heterocycles. The summed E-state index contributed by atoms with van der Waals surface area (Å²) in [6, 6.07) is 11.0. The lowest BCUT2D eigenvalue weighted by Crippen LogP contribution is -2.08. The molecule has 134 valence electrons. The van der Waals surface area contributed by atoms with E-state index < -0.39 is 0 Å². The second-order valence-electron chi connectivity index (χ2n) is 5.43. The maximum atomic E-state index is 11.4. The van der Waals surface area contributed by atoms with E-state index in [1.165, 1.54) is 11.8 Å². The summed E-state index contributed by atoms with van der Waals surface area (Å²) in [7, 11) is 0. The van der Waals surface area contributed by atoms with Gasteiger partial charge >= 0.3 is 0 Å². The van der Waals surface area contributed by atoms with Crippen LogP contribution in [0.3, 0.4) is 0 Å². The van der Waals surface area contributed by atoms with Gasteiger partial charge in [-0.05, 0) is 43.0 Å². The topological polar surface area (TPSA) is 95.6 Å². The number of carbonyl (C=O) groups excluding carboxylic acids is 1. The molecule has 0 bridgehead atoms. The van der Waals surface area contributed by atoms with Crippen LogP contribution in [0.1, 0.15) is 19.0 Å². The molecule has 1 amide bonds. The van der Waals surface area contributed by atoms with Gasteiger partial charge in [-0.2, -0.15) is 5.10 Å². The normalized spacial score (nSPS) is 10.6. The van der Waals surface area contributed by atoms with Gasteiger partial charge in [-0.25, -0.2) is 9.97 Å². The molecule has 3 rings (SSSR count). The number of amides is 1. The van der Waals surface area contributed by atoms with Crippen molar-refractivity contribution in [3.63, 3.8) is 0 Å². The Morgan fingerprint density at radius 1 is 1.23 bits per heavy atom. The molecule has 0 unspecified atom stereocenters. The van der Waals surface area contributed by atoms with E-state index in [2.05, 4.69) is 30.8 Å². The Balaban J connectivity index is 1.72. The molecule has 0 aliphatic rings. The largest absolute Gasteiger partial charge is 0.326 e. The van der Waals surface area contributed by atoms with Crippen LogP contribution < -0.4 is 10.6 Å². The summed E-state index contributed by atoms with van der Waals surface area (Å²) < 4.78 is 0. The van der Waals surface area contributed by atoms with Crippen molar-refractivity contribution in [2.75, 3.05) is 10.6 Å². The first-order valence-electron chi connectivity index (χ1n) is 7.93. The first-order chi connectivity index (χ1) is 12.5. The van der Waals surface area contributed by atoms with Gasteiger partial charge in [0.25, 0.3) is 0 Å². The maximum Gasteiger partial charge on any atom is 0.224 e. The predicted molar refractivity (Wildman–Crippen MR) is 103 cm³/mol. The van der Waals surface area contributed by atoms with E-state index >= 15 is 0 Å². The Bertz CT molecular complexity index is 912. The first kappa shape index (κ1) is 18.2. The summed E-state index contributed by atoms with van der Waals surface area (Å²) in [5, 5.41) is 13.7. The fourth-order valence-electron chi connectivity index (χ4n) is 2.09. The zero-order valence-corrected chi connectivity index (χ0v) is 15.8. The third-order valence-corrected chi connectivity index (χ3v) is 4.38. The van der Waals surface area contributed by atoms with E-state index in [0.717, 1.165) is 22.1 Å². The Labute approximate surface area is 160 Å². The quantitative estimate of drug-likeness (QED) is 0.427. The molecular formula is C17H17ClN6OS. The van der Waals surface area contributed by atoms with Gasteiger partial charge in [0.15, 0.2) is 5.16 Å². The summed E-state index contributed by atoms with van der Waals surface area (Å²) >= 11 is 7.49. The highest BCUT2D eigenvalue weighted by molar-refractivity contribution is 7.99. The van der Waals surface area contributed by atoms with Crippen molar-refractivity contribution in [2.24, 2.45) is 0 Å². The van der Waals surface area contributed by atoms with Crippen LogP contribution in [0.25, 0.3) is 0 Å². The van der Waals surface area contributed by atoms with E-state index in [4.69, 9.17) is 11.6 Å². The van der Waals surface area contributed by atoms with Crippen LogP contribution >= 0.6 is 23.4 Å². The minimum atomic E-state index is -0.0201. The van der Waals surface area contributed by atoms with Crippen LogP contribution in [0.4, 0.5) is 17.3 Å². The molecule has 0 saturated carbocycles. The second kappa shape index (κ2) is 8.20. The Morgan fingerprint density at radius 2 is 2.00 bits per heavy atom. The summed E-state index contributed by atoms with van der Waals surface area (Å²) in [6.07, 6.45) is 0.443. The molecule has 3 aromatic rings. The van der Waals surface area contributed by atoms with Crippen LogP contribution in [0.2, 0.25) is 5.15 Å². The van der Waals surface area contributed by atoms with Crippen molar-refractivity contribution in [1.82, 2.24) is 20.2 Å². The molecular weight excluding hydrogens is 372 g/mol. The van der Waals surface area contributed by atoms with Gasteiger partial charge in [0, 0.05) is 29.1 Å². The number of halogens is 1. The second-order valence-corrected chi connectivity index (χ2v) is 6.86. The number of hydrogen-bond acceptors (Lipinski definition) is 6. The summed E-state index contributed by atoms with van der Waals surface area (Å²) in [4.78, 5) is 21.1. The molecule has 3 N–H and O–H groups in total. The van der Waals surface area contributed by atoms with Gasteiger partial charge in [-0.3, -0.25) is 9.89 Å². The average molecular weight is 389 g/mol. The lowest BCUT2D eigenvalue weighted by molar-refractivity contribution is -0.115. The van der Waals surface area contributed by atoms with Gasteiger partial charge in [-0.1, -0.05) is 18.5 Å². The first-order valence-corrected chi connectivity index (χ1v) is 9.12. The van der Waals surface area contributed by atoms with Crippen LogP contribution in [0.5, 0.6) is 0 Å². The molecule has 26 heavy (non-hydrogen) atoms. The monoisotopic (exact) mass is 388 g/mol. The number of carbonyl (C=O) groups is 1. The standard InChI is InChI=1S/C17H17ClN6OS/c1-3-16(25)19-11-4-6-12(7-5-11)26-17-20-13(18)9-14(22-17)21-15-8-10(2)23-24-15/h4-9H,3H2,1-2H3,(H,19,25)(H2,20,21,22,23,24). The highest BCUT2D eigenvalue weighted by Crippen LogP contribution is 2.28. The van der Waals surface area contributed by atoms with E-state index in [9.17, 15) is 4.79 Å². The van der Waals surface area contributed by atoms with Crippen LogP contribution in [-0.4, -0.2) is 26.1 Å². The summed E-state index contributed by atoms with van der Waals surface area (Å²) in [5.74, 6) is 1.28. The van der Waals surface area contributed by atoms with E-state index in [-0.39, 0.29) is 5.91 Å². The Kier molecular flexibility index (Phi) is 5.75. The predicted octanol–water partition coefficient (Wildman–Crippen LogP) is 4.40. The van der Waals surface area contributed by atoms with E-state index in [1.54, 1.807) is 6.07 Å². The summed E-state index contributed by atoms with van der Waals surface area (Å²) in [5.41, 5.74) is 1.63. The minimum Gasteiger partial charge on any atom is -0.326 e. The van der Waals surface area contributed by atoms with Gasteiger partial charge in [0.05, 0.1) is 5.69 Å². The smallest absolute Gasteiger partial charge is 0.224 e. The third-order valence-electron chi connectivity index (χ3n) is 3.31. The van der Waals surface area contributed by atoms with Crippen molar-refractivity contribution in [3.8, 4) is 0 Å². The van der Waals surface area contributed by atoms with E-state index in [1.807, 2.05) is 44.2 Å². The lowest BCUT2D eigenvalue weighted by Gasteiger charge is -2.07. The number of H-pyrrole nitrogens is 1. The molecule has 0 radical (unpaired) electrons. The molecule has 2 aromatic heterocycles. The molecule has 0 aliphatic carbocycles. The number of nitrogens with zero attached hydrogens (tertiary/aromatic N) is 3. The fourth-order valence-corrected chi connectivity index (χ4v) is 3.10. The summed E-state index contributed by atoms with van der Waals surface area (Å²) in [6.45, 7) is 3.70. The number of nitrogens with one attached hydrogen (secondary N) is 3. The van der Waals surface area contributed by atoms with Gasteiger partial charge in [0.1, 0.15) is 16.8 Å². The number of benzene rings is 1. The molecule has 0 saturated heterocycles. The maximum absolute atomic E-state index is 11.4.